The highest BCUT2D eigenvalue weighted by atomic mass is 16.5. The largest absolute Gasteiger partial charge is 0.477 e. The number of nitriles is 2. The zero-order chi connectivity index (χ0) is 15.2. The Morgan fingerprint density at radius 3 is 2.48 bits per heavy atom. The molecular weight excluding hydrogens is 268 g/mol. The van der Waals surface area contributed by atoms with E-state index in [9.17, 15) is 0 Å². The van der Waals surface area contributed by atoms with Gasteiger partial charge in [0, 0.05) is 0 Å². The maximum Gasteiger partial charge on any atom is 0.276 e. The van der Waals surface area contributed by atoms with E-state index in [1.165, 1.54) is 7.11 Å². The molecule has 6 heteroatoms. The molecule has 0 aliphatic carbocycles. The van der Waals surface area contributed by atoms with Gasteiger partial charge in [-0.3, -0.25) is 0 Å². The summed E-state index contributed by atoms with van der Waals surface area (Å²) in [7, 11) is 1.50. The topological polar surface area (TPSA) is 83.9 Å². The summed E-state index contributed by atoms with van der Waals surface area (Å²) in [6, 6.07) is 10.9. The van der Waals surface area contributed by atoms with E-state index in [0.29, 0.717) is 29.4 Å². The number of hydrogen-bond acceptors (Lipinski definition) is 5. The number of benzene rings is 1. The Morgan fingerprint density at radius 2 is 1.95 bits per heavy atom. The summed E-state index contributed by atoms with van der Waals surface area (Å²) in [6.45, 7) is 2.09. The first-order chi connectivity index (χ1) is 10.2. The summed E-state index contributed by atoms with van der Waals surface area (Å²) in [4.78, 5) is 0. The van der Waals surface area contributed by atoms with E-state index in [-0.39, 0.29) is 6.54 Å². The van der Waals surface area contributed by atoms with Crippen molar-refractivity contribution in [2.24, 2.45) is 0 Å². The van der Waals surface area contributed by atoms with Gasteiger partial charge in [-0.05, 0) is 30.7 Å². The summed E-state index contributed by atoms with van der Waals surface area (Å²) in [5.74, 6) is 1.42. The normalized spacial score (nSPS) is 9.71. The minimum atomic E-state index is 0.135. The molecule has 0 aliphatic rings. The molecule has 0 fully saturated rings. The lowest BCUT2D eigenvalue weighted by Crippen LogP contribution is -2.03. The van der Waals surface area contributed by atoms with Crippen molar-refractivity contribution in [3.63, 3.8) is 0 Å². The van der Waals surface area contributed by atoms with Gasteiger partial charge in [0.15, 0.2) is 0 Å². The average Bonchev–Trinajstić information content (AvgIpc) is 2.85. The van der Waals surface area contributed by atoms with Gasteiger partial charge in [-0.2, -0.15) is 10.5 Å². The second-order valence-corrected chi connectivity index (χ2v) is 4.19. The summed E-state index contributed by atoms with van der Waals surface area (Å²) in [5.41, 5.74) is 1.35. The maximum atomic E-state index is 8.84. The molecule has 2 aromatic rings. The fourth-order valence-corrected chi connectivity index (χ4v) is 1.95. The third-order valence-electron chi connectivity index (χ3n) is 2.93. The van der Waals surface area contributed by atoms with E-state index in [4.69, 9.17) is 20.0 Å². The fraction of sp³-hybridized carbons (Fsp3) is 0.267. The third kappa shape index (κ3) is 2.96. The maximum absolute atomic E-state index is 8.84. The lowest BCUT2D eigenvalue weighted by molar-refractivity contribution is 0.364. The highest BCUT2D eigenvalue weighted by Gasteiger charge is 2.19. The van der Waals surface area contributed by atoms with Crippen LogP contribution in [0.5, 0.6) is 17.4 Å². The molecule has 0 aliphatic heterocycles. The first kappa shape index (κ1) is 14.4. The first-order valence-electron chi connectivity index (χ1n) is 6.42. The van der Waals surface area contributed by atoms with Crippen molar-refractivity contribution in [3.05, 3.63) is 35.5 Å². The summed E-state index contributed by atoms with van der Waals surface area (Å²) in [6.07, 6.45) is 0.656. The van der Waals surface area contributed by atoms with Gasteiger partial charge < -0.3 is 9.47 Å². The monoisotopic (exact) mass is 282 g/mol. The lowest BCUT2D eigenvalue weighted by atomic mass is 10.2. The molecule has 106 valence electrons. The molecule has 0 saturated carbocycles. The number of aromatic nitrogens is 2. The van der Waals surface area contributed by atoms with Gasteiger partial charge >= 0.3 is 0 Å². The molecule has 21 heavy (non-hydrogen) atoms. The second kappa shape index (κ2) is 6.44. The van der Waals surface area contributed by atoms with Crippen LogP contribution in [0.2, 0.25) is 0 Å². The van der Waals surface area contributed by atoms with Crippen molar-refractivity contribution in [1.29, 1.82) is 10.5 Å². The van der Waals surface area contributed by atoms with Crippen molar-refractivity contribution in [2.75, 3.05) is 7.11 Å². The number of hydrogen-bond donors (Lipinski definition) is 0. The van der Waals surface area contributed by atoms with Gasteiger partial charge in [0.1, 0.15) is 12.3 Å². The Labute approximate surface area is 122 Å². The lowest BCUT2D eigenvalue weighted by Gasteiger charge is -2.07. The van der Waals surface area contributed by atoms with Crippen LogP contribution in [-0.2, 0) is 13.0 Å². The van der Waals surface area contributed by atoms with Crippen molar-refractivity contribution < 1.29 is 9.47 Å². The summed E-state index contributed by atoms with van der Waals surface area (Å²) in [5, 5.41) is 21.8. The average molecular weight is 282 g/mol. The second-order valence-electron chi connectivity index (χ2n) is 4.19. The van der Waals surface area contributed by atoms with Crippen LogP contribution >= 0.6 is 0 Å². The molecule has 0 saturated heterocycles. The Kier molecular flexibility index (Phi) is 4.43. The minimum Gasteiger partial charge on any atom is -0.477 e. The van der Waals surface area contributed by atoms with Crippen molar-refractivity contribution in [1.82, 2.24) is 9.78 Å². The quantitative estimate of drug-likeness (QED) is 0.841. The van der Waals surface area contributed by atoms with Gasteiger partial charge in [-0.15, -0.1) is 5.10 Å². The van der Waals surface area contributed by atoms with Crippen LogP contribution < -0.4 is 9.47 Å². The molecule has 0 amide bonds. The molecule has 1 aromatic carbocycles. The summed E-state index contributed by atoms with van der Waals surface area (Å²) >= 11 is 0. The van der Waals surface area contributed by atoms with Crippen LogP contribution in [0.4, 0.5) is 0 Å². The SMILES string of the molecule is CCc1c(Oc2ccc(C#N)cc2)c(OC)nn1CC#N. The predicted octanol–water partition coefficient (Wildman–Crippen LogP) is 2.64. The smallest absolute Gasteiger partial charge is 0.276 e. The predicted molar refractivity (Wildman–Crippen MR) is 75.0 cm³/mol. The van der Waals surface area contributed by atoms with E-state index in [2.05, 4.69) is 17.2 Å². The molecule has 1 heterocycles. The highest BCUT2D eigenvalue weighted by molar-refractivity contribution is 5.44. The molecule has 0 bridgehead atoms. The van der Waals surface area contributed by atoms with E-state index in [1.54, 1.807) is 28.9 Å². The van der Waals surface area contributed by atoms with Crippen molar-refractivity contribution in [3.8, 4) is 29.5 Å². The molecule has 6 nitrogen and oxygen atoms in total. The van der Waals surface area contributed by atoms with Crippen molar-refractivity contribution in [2.45, 2.75) is 19.9 Å². The van der Waals surface area contributed by atoms with Crippen LogP contribution in [0.25, 0.3) is 0 Å². The summed E-state index contributed by atoms with van der Waals surface area (Å²) < 4.78 is 12.6. The Bertz CT molecular complexity index is 705. The zero-order valence-corrected chi connectivity index (χ0v) is 11.8. The Hall–Kier alpha value is -2.99. The molecule has 0 N–H and O–H groups in total. The van der Waals surface area contributed by atoms with Gasteiger partial charge in [-0.1, -0.05) is 6.92 Å². The molecule has 1 aromatic heterocycles. The molecular formula is C15H14N4O2. The van der Waals surface area contributed by atoms with Gasteiger partial charge in [0.25, 0.3) is 5.88 Å². The van der Waals surface area contributed by atoms with Crippen LogP contribution in [0, 0.1) is 22.7 Å². The number of rotatable bonds is 5. The number of ether oxygens (including phenoxy) is 2. The van der Waals surface area contributed by atoms with Gasteiger partial charge in [0.05, 0.1) is 30.5 Å². The Balaban J connectivity index is 2.37. The van der Waals surface area contributed by atoms with Crippen molar-refractivity contribution >= 4 is 0 Å². The highest BCUT2D eigenvalue weighted by Crippen LogP contribution is 2.35. The molecule has 0 unspecified atom stereocenters. The Morgan fingerprint density at radius 1 is 1.24 bits per heavy atom. The fourth-order valence-electron chi connectivity index (χ4n) is 1.95. The van der Waals surface area contributed by atoms with Crippen LogP contribution in [0.3, 0.4) is 0 Å². The zero-order valence-electron chi connectivity index (χ0n) is 11.8. The van der Waals surface area contributed by atoms with E-state index >= 15 is 0 Å². The number of methoxy groups -OCH3 is 1. The molecule has 0 atom stereocenters. The molecule has 2 rings (SSSR count). The van der Waals surface area contributed by atoms with E-state index in [1.807, 2.05) is 6.92 Å². The standard InChI is InChI=1S/C15H14N4O2/c1-3-13-14(15(20-2)18-19(13)9-8-16)21-12-6-4-11(10-17)5-7-12/h4-7H,3,9H2,1-2H3. The van der Waals surface area contributed by atoms with Crippen LogP contribution in [0.15, 0.2) is 24.3 Å². The van der Waals surface area contributed by atoms with E-state index in [0.717, 1.165) is 5.69 Å². The third-order valence-corrected chi connectivity index (χ3v) is 2.93. The minimum absolute atomic E-state index is 0.135. The van der Waals surface area contributed by atoms with Gasteiger partial charge in [-0.25, -0.2) is 4.68 Å². The van der Waals surface area contributed by atoms with E-state index < -0.39 is 0 Å². The molecule has 0 spiro atoms. The van der Waals surface area contributed by atoms with Gasteiger partial charge in [0.2, 0.25) is 5.75 Å². The van der Waals surface area contributed by atoms with Crippen LogP contribution in [0.1, 0.15) is 18.2 Å². The molecule has 0 radical (unpaired) electrons. The first-order valence-corrected chi connectivity index (χ1v) is 6.42. The van der Waals surface area contributed by atoms with Crippen LogP contribution in [-0.4, -0.2) is 16.9 Å². The number of nitrogens with zero attached hydrogens (tertiary/aromatic N) is 4.